The van der Waals surface area contributed by atoms with Gasteiger partial charge in [0.1, 0.15) is 5.75 Å². The third kappa shape index (κ3) is 5.34. The number of hydrogen-bond acceptors (Lipinski definition) is 2. The number of benzene rings is 2. The van der Waals surface area contributed by atoms with Crippen LogP contribution >= 0.6 is 20.2 Å². The van der Waals surface area contributed by atoms with Gasteiger partial charge in [-0.05, 0) is 51.0 Å². The van der Waals surface area contributed by atoms with Crippen LogP contribution in [0.3, 0.4) is 0 Å². The minimum Gasteiger partial charge on any atom is -0.494 e. The molecular weight excluding hydrogens is 327 g/mol. The first kappa shape index (κ1) is 18.0. The molecule has 0 amide bonds. The summed E-state index contributed by atoms with van der Waals surface area (Å²) in [5, 5.41) is 1.46. The second kappa shape index (κ2) is 9.05. The van der Waals surface area contributed by atoms with Gasteiger partial charge < -0.3 is 4.74 Å². The van der Waals surface area contributed by atoms with Crippen LogP contribution in [0, 0.1) is 6.92 Å². The van der Waals surface area contributed by atoms with Gasteiger partial charge in [0.2, 0.25) is 0 Å². The van der Waals surface area contributed by atoms with Gasteiger partial charge in [0.15, 0.2) is 5.52 Å². The standard InChI is InChI=1S/C19H22ClO2P/c1-3-4-7-12-22-15-10-11-18(17(20)13-15)23-19(21)16-9-6-5-8-14(16)2/h5-6,8-11,13,23H,3-4,7,12H2,1-2H3. The number of carbonyl (C=O) groups excluding carboxylic acids is 1. The van der Waals surface area contributed by atoms with Gasteiger partial charge in [-0.2, -0.15) is 0 Å². The van der Waals surface area contributed by atoms with E-state index in [0.29, 0.717) is 11.6 Å². The van der Waals surface area contributed by atoms with Crippen LogP contribution in [0.1, 0.15) is 42.1 Å². The van der Waals surface area contributed by atoms with Crippen molar-refractivity contribution in [1.29, 1.82) is 0 Å². The van der Waals surface area contributed by atoms with Crippen LogP contribution in [0.25, 0.3) is 0 Å². The van der Waals surface area contributed by atoms with E-state index in [-0.39, 0.29) is 14.1 Å². The third-order valence-corrected chi connectivity index (χ3v) is 5.27. The molecule has 0 spiro atoms. The highest BCUT2D eigenvalue weighted by Gasteiger charge is 2.12. The zero-order valence-corrected chi connectivity index (χ0v) is 15.3. The van der Waals surface area contributed by atoms with Crippen LogP contribution in [-0.4, -0.2) is 12.1 Å². The molecule has 0 aliphatic rings. The number of ether oxygens (including phenoxy) is 1. The van der Waals surface area contributed by atoms with E-state index in [1.54, 1.807) is 6.07 Å². The molecular formula is C19H22ClO2P. The summed E-state index contributed by atoms with van der Waals surface area (Å²) in [6.45, 7) is 4.82. The molecule has 2 rings (SSSR count). The van der Waals surface area contributed by atoms with Gasteiger partial charge in [0.25, 0.3) is 0 Å². The molecule has 122 valence electrons. The first-order chi connectivity index (χ1) is 11.1. The van der Waals surface area contributed by atoms with Crippen LogP contribution < -0.4 is 10.0 Å². The van der Waals surface area contributed by atoms with Crippen LogP contribution in [0.2, 0.25) is 5.02 Å². The molecule has 0 saturated heterocycles. The van der Waals surface area contributed by atoms with E-state index in [2.05, 4.69) is 6.92 Å². The lowest BCUT2D eigenvalue weighted by Crippen LogP contribution is -2.05. The van der Waals surface area contributed by atoms with E-state index in [1.165, 1.54) is 6.42 Å². The van der Waals surface area contributed by atoms with Crippen molar-refractivity contribution in [2.75, 3.05) is 6.61 Å². The number of carbonyl (C=O) groups is 1. The molecule has 23 heavy (non-hydrogen) atoms. The molecule has 1 unspecified atom stereocenters. The highest BCUT2D eigenvalue weighted by atomic mass is 35.5. The predicted molar refractivity (Wildman–Crippen MR) is 99.9 cm³/mol. The van der Waals surface area contributed by atoms with Crippen LogP contribution in [-0.2, 0) is 0 Å². The lowest BCUT2D eigenvalue weighted by molar-refractivity contribution is 0.108. The van der Waals surface area contributed by atoms with Gasteiger partial charge >= 0.3 is 0 Å². The molecule has 0 fully saturated rings. The van der Waals surface area contributed by atoms with Crippen molar-refractivity contribution in [1.82, 2.24) is 0 Å². The molecule has 0 aliphatic carbocycles. The molecule has 0 N–H and O–H groups in total. The quantitative estimate of drug-likeness (QED) is 0.474. The molecule has 2 nitrogen and oxygen atoms in total. The maximum absolute atomic E-state index is 12.4. The smallest absolute Gasteiger partial charge is 0.185 e. The molecule has 0 aliphatic heterocycles. The van der Waals surface area contributed by atoms with Crippen LogP contribution in [0.5, 0.6) is 5.75 Å². The summed E-state index contributed by atoms with van der Waals surface area (Å²) in [4.78, 5) is 12.4. The maximum Gasteiger partial charge on any atom is 0.185 e. The average molecular weight is 349 g/mol. The van der Waals surface area contributed by atoms with Gasteiger partial charge in [-0.15, -0.1) is 0 Å². The van der Waals surface area contributed by atoms with Crippen molar-refractivity contribution in [3.05, 3.63) is 58.6 Å². The highest BCUT2D eigenvalue weighted by Crippen LogP contribution is 2.27. The average Bonchev–Trinajstić information content (AvgIpc) is 2.54. The van der Waals surface area contributed by atoms with E-state index < -0.39 is 0 Å². The fourth-order valence-corrected chi connectivity index (χ4v) is 3.58. The molecule has 0 heterocycles. The molecule has 1 atom stereocenters. The first-order valence-corrected chi connectivity index (χ1v) is 9.29. The second-order valence-corrected chi connectivity index (χ2v) is 7.12. The minimum absolute atomic E-state index is 0.0232. The van der Waals surface area contributed by atoms with Crippen molar-refractivity contribution >= 4 is 31.0 Å². The number of halogens is 1. The SMILES string of the molecule is CCCCCOc1ccc(PC(=O)c2ccccc2C)c(Cl)c1. The Morgan fingerprint density at radius 2 is 1.96 bits per heavy atom. The van der Waals surface area contributed by atoms with Crippen LogP contribution in [0.4, 0.5) is 0 Å². The third-order valence-electron chi connectivity index (χ3n) is 3.60. The fraction of sp³-hybridized carbons (Fsp3) is 0.316. The van der Waals surface area contributed by atoms with Gasteiger partial charge in [-0.1, -0.05) is 55.6 Å². The van der Waals surface area contributed by atoms with Crippen molar-refractivity contribution in [2.24, 2.45) is 0 Å². The minimum atomic E-state index is 0.0232. The number of rotatable bonds is 8. The summed E-state index contributed by atoms with van der Waals surface area (Å²) in [7, 11) is 0.0232. The fourth-order valence-electron chi connectivity index (χ4n) is 2.25. The monoisotopic (exact) mass is 348 g/mol. The Labute approximate surface area is 145 Å². The first-order valence-electron chi connectivity index (χ1n) is 7.91. The second-order valence-electron chi connectivity index (χ2n) is 5.47. The predicted octanol–water partition coefficient (Wildman–Crippen LogP) is 5.36. The summed E-state index contributed by atoms with van der Waals surface area (Å²) in [5.74, 6) is 0.767. The summed E-state index contributed by atoms with van der Waals surface area (Å²) in [6.07, 6.45) is 3.38. The van der Waals surface area contributed by atoms with Crippen molar-refractivity contribution in [2.45, 2.75) is 33.1 Å². The molecule has 4 heteroatoms. The Hall–Kier alpha value is -1.37. The Kier molecular flexibility index (Phi) is 7.08. The van der Waals surface area contributed by atoms with E-state index in [4.69, 9.17) is 16.3 Å². The molecule has 0 bridgehead atoms. The van der Waals surface area contributed by atoms with Crippen molar-refractivity contribution in [3.8, 4) is 5.75 Å². The summed E-state index contributed by atoms with van der Waals surface area (Å²) in [5.41, 5.74) is 1.88. The van der Waals surface area contributed by atoms with Gasteiger partial charge in [-0.3, -0.25) is 4.79 Å². The van der Waals surface area contributed by atoms with E-state index >= 15 is 0 Å². The normalized spacial score (nSPS) is 11.1. The molecule has 2 aromatic rings. The largest absolute Gasteiger partial charge is 0.494 e. The van der Waals surface area contributed by atoms with Crippen molar-refractivity contribution in [3.63, 3.8) is 0 Å². The molecule has 0 saturated carbocycles. The Morgan fingerprint density at radius 3 is 2.65 bits per heavy atom. The van der Waals surface area contributed by atoms with Crippen LogP contribution in [0.15, 0.2) is 42.5 Å². The maximum atomic E-state index is 12.4. The van der Waals surface area contributed by atoms with Gasteiger partial charge in [0.05, 0.1) is 11.6 Å². The van der Waals surface area contributed by atoms with E-state index in [1.807, 2.05) is 43.3 Å². The molecule has 0 aromatic heterocycles. The lowest BCUT2D eigenvalue weighted by Gasteiger charge is -2.09. The highest BCUT2D eigenvalue weighted by molar-refractivity contribution is 7.66. The Balaban J connectivity index is 2.01. The number of hydrogen-bond donors (Lipinski definition) is 0. The topological polar surface area (TPSA) is 26.3 Å². The lowest BCUT2D eigenvalue weighted by atomic mass is 10.1. The van der Waals surface area contributed by atoms with E-state index in [9.17, 15) is 4.79 Å². The zero-order valence-electron chi connectivity index (χ0n) is 13.6. The Morgan fingerprint density at radius 1 is 1.17 bits per heavy atom. The molecule has 2 aromatic carbocycles. The Bertz CT molecular complexity index is 670. The van der Waals surface area contributed by atoms with Gasteiger partial charge in [-0.25, -0.2) is 0 Å². The number of unbranched alkanes of at least 4 members (excludes halogenated alkanes) is 2. The zero-order chi connectivity index (χ0) is 16.7. The van der Waals surface area contributed by atoms with E-state index in [0.717, 1.165) is 35.0 Å². The van der Waals surface area contributed by atoms with Gasteiger partial charge in [0, 0.05) is 5.56 Å². The molecule has 0 radical (unpaired) electrons. The summed E-state index contributed by atoms with van der Waals surface area (Å²) in [6, 6.07) is 13.2. The van der Waals surface area contributed by atoms with Crippen molar-refractivity contribution < 1.29 is 9.53 Å². The summed E-state index contributed by atoms with van der Waals surface area (Å²) >= 11 is 6.32. The number of aryl methyl sites for hydroxylation is 1. The summed E-state index contributed by atoms with van der Waals surface area (Å²) < 4.78 is 5.69.